The van der Waals surface area contributed by atoms with E-state index in [4.69, 9.17) is 0 Å². The number of hydrogen-bond acceptors (Lipinski definition) is 1. The summed E-state index contributed by atoms with van der Waals surface area (Å²) in [6, 6.07) is 8.36. The Kier molecular flexibility index (Phi) is 2.98. The maximum absolute atomic E-state index is 12.6. The van der Waals surface area contributed by atoms with Crippen LogP contribution in [0.4, 0.5) is 18.9 Å². The zero-order valence-corrected chi connectivity index (χ0v) is 9.51. The van der Waals surface area contributed by atoms with Crippen molar-refractivity contribution in [2.24, 2.45) is 0 Å². The molecule has 0 atom stereocenters. The Hall–Kier alpha value is -2.04. The van der Waals surface area contributed by atoms with Gasteiger partial charge in [0.25, 0.3) is 0 Å². The fourth-order valence-corrected chi connectivity index (χ4v) is 1.70. The highest BCUT2D eigenvalue weighted by Gasteiger charge is 2.30. The number of carbonyl (C=O) groups excluding carboxylic acids is 1. The molecule has 0 saturated carbocycles. The maximum atomic E-state index is 12.6. The average molecular weight is 253 g/mol. The highest BCUT2D eigenvalue weighted by atomic mass is 19.4. The zero-order valence-electron chi connectivity index (χ0n) is 9.51. The van der Waals surface area contributed by atoms with Gasteiger partial charge in [0.2, 0.25) is 5.91 Å². The van der Waals surface area contributed by atoms with E-state index in [9.17, 15) is 18.0 Å². The monoisotopic (exact) mass is 253 g/mol. The van der Waals surface area contributed by atoms with Gasteiger partial charge in [0.15, 0.2) is 0 Å². The highest BCUT2D eigenvalue weighted by molar-refractivity contribution is 5.93. The molecule has 0 fully saturated rings. The van der Waals surface area contributed by atoms with E-state index >= 15 is 0 Å². The first kappa shape index (κ1) is 12.4. The Bertz CT molecular complexity index is 605. The zero-order chi connectivity index (χ0) is 13.3. The van der Waals surface area contributed by atoms with Crippen LogP contribution in [0.1, 0.15) is 12.5 Å². The van der Waals surface area contributed by atoms with Gasteiger partial charge in [-0.05, 0) is 35.0 Å². The van der Waals surface area contributed by atoms with Crippen molar-refractivity contribution in [1.29, 1.82) is 0 Å². The summed E-state index contributed by atoms with van der Waals surface area (Å²) in [5, 5.41) is 3.67. The summed E-state index contributed by atoms with van der Waals surface area (Å²) < 4.78 is 37.7. The van der Waals surface area contributed by atoms with Gasteiger partial charge >= 0.3 is 6.18 Å². The van der Waals surface area contributed by atoms with Crippen molar-refractivity contribution in [2.75, 3.05) is 5.32 Å². The van der Waals surface area contributed by atoms with Gasteiger partial charge in [-0.15, -0.1) is 0 Å². The minimum absolute atomic E-state index is 0.263. The molecule has 94 valence electrons. The standard InChI is InChI=1S/C13H10F3NO/c1-8(18)17-12-5-3-9-2-4-11(13(14,15)16)6-10(9)7-12/h2-7H,1H3,(H,17,18). The van der Waals surface area contributed by atoms with Gasteiger partial charge in [0.1, 0.15) is 0 Å². The molecule has 0 unspecified atom stereocenters. The number of rotatable bonds is 1. The summed E-state index contributed by atoms with van der Waals surface area (Å²) in [6.45, 7) is 1.34. The first-order valence-electron chi connectivity index (χ1n) is 5.25. The number of benzene rings is 2. The first-order valence-corrected chi connectivity index (χ1v) is 5.25. The third-order valence-corrected chi connectivity index (χ3v) is 2.49. The van der Waals surface area contributed by atoms with Crippen LogP contribution in [0.3, 0.4) is 0 Å². The highest BCUT2D eigenvalue weighted by Crippen LogP contribution is 2.32. The fourth-order valence-electron chi connectivity index (χ4n) is 1.70. The SMILES string of the molecule is CC(=O)Nc1ccc2ccc(C(F)(F)F)cc2c1. The van der Waals surface area contributed by atoms with Gasteiger partial charge < -0.3 is 5.32 Å². The number of hydrogen-bond donors (Lipinski definition) is 1. The number of halogens is 3. The molecule has 0 aliphatic carbocycles. The van der Waals surface area contributed by atoms with Gasteiger partial charge in [-0.25, -0.2) is 0 Å². The van der Waals surface area contributed by atoms with Crippen molar-refractivity contribution in [3.8, 4) is 0 Å². The number of nitrogens with one attached hydrogen (secondary N) is 1. The minimum Gasteiger partial charge on any atom is -0.326 e. The van der Waals surface area contributed by atoms with Crippen molar-refractivity contribution in [1.82, 2.24) is 0 Å². The molecule has 2 rings (SSSR count). The molecule has 0 spiro atoms. The van der Waals surface area contributed by atoms with E-state index in [0.29, 0.717) is 16.5 Å². The van der Waals surface area contributed by atoms with Crippen LogP contribution >= 0.6 is 0 Å². The third-order valence-electron chi connectivity index (χ3n) is 2.49. The first-order chi connectivity index (χ1) is 8.36. The number of anilines is 1. The largest absolute Gasteiger partial charge is 0.416 e. The molecule has 18 heavy (non-hydrogen) atoms. The second-order valence-electron chi connectivity index (χ2n) is 3.96. The number of alkyl halides is 3. The van der Waals surface area contributed by atoms with Gasteiger partial charge in [-0.1, -0.05) is 12.1 Å². The predicted octanol–water partition coefficient (Wildman–Crippen LogP) is 3.82. The van der Waals surface area contributed by atoms with Crippen LogP contribution in [0.5, 0.6) is 0 Å². The van der Waals surface area contributed by atoms with Gasteiger partial charge in [0.05, 0.1) is 5.56 Å². The molecule has 0 aromatic heterocycles. The summed E-state index contributed by atoms with van der Waals surface area (Å²) in [7, 11) is 0. The van der Waals surface area contributed by atoms with E-state index in [2.05, 4.69) is 5.32 Å². The van der Waals surface area contributed by atoms with E-state index in [1.165, 1.54) is 19.1 Å². The second kappa shape index (κ2) is 4.33. The Morgan fingerprint density at radius 1 is 1.06 bits per heavy atom. The van der Waals surface area contributed by atoms with Crippen molar-refractivity contribution in [2.45, 2.75) is 13.1 Å². The van der Waals surface area contributed by atoms with Crippen LogP contribution in [0.25, 0.3) is 10.8 Å². The van der Waals surface area contributed by atoms with Crippen LogP contribution < -0.4 is 5.32 Å². The van der Waals surface area contributed by atoms with Crippen molar-refractivity contribution in [3.63, 3.8) is 0 Å². The Morgan fingerprint density at radius 3 is 2.33 bits per heavy atom. The smallest absolute Gasteiger partial charge is 0.326 e. The molecular formula is C13H10F3NO. The molecular weight excluding hydrogens is 243 g/mol. The van der Waals surface area contributed by atoms with Crippen LogP contribution in [0.15, 0.2) is 36.4 Å². The molecule has 1 amide bonds. The van der Waals surface area contributed by atoms with Crippen molar-refractivity contribution >= 4 is 22.4 Å². The lowest BCUT2D eigenvalue weighted by Gasteiger charge is -2.09. The molecule has 2 nitrogen and oxygen atoms in total. The van der Waals surface area contributed by atoms with Crippen molar-refractivity contribution < 1.29 is 18.0 Å². The molecule has 0 aliphatic rings. The second-order valence-corrected chi connectivity index (χ2v) is 3.96. The van der Waals surface area contributed by atoms with E-state index < -0.39 is 11.7 Å². The molecule has 0 radical (unpaired) electrons. The fraction of sp³-hybridized carbons (Fsp3) is 0.154. The number of carbonyl (C=O) groups is 1. The van der Waals surface area contributed by atoms with E-state index in [1.54, 1.807) is 12.1 Å². The topological polar surface area (TPSA) is 29.1 Å². The van der Waals surface area contributed by atoms with E-state index in [0.717, 1.165) is 12.1 Å². The molecule has 0 saturated heterocycles. The van der Waals surface area contributed by atoms with Crippen LogP contribution in [-0.4, -0.2) is 5.91 Å². The van der Waals surface area contributed by atoms with Gasteiger partial charge in [-0.3, -0.25) is 4.79 Å². The van der Waals surface area contributed by atoms with Crippen LogP contribution in [0.2, 0.25) is 0 Å². The van der Waals surface area contributed by atoms with E-state index in [-0.39, 0.29) is 5.91 Å². The summed E-state index contributed by atoms with van der Waals surface area (Å²) in [5.41, 5.74) is -0.218. The number of fused-ring (bicyclic) bond motifs is 1. The van der Waals surface area contributed by atoms with Gasteiger partial charge in [0, 0.05) is 12.6 Å². The predicted molar refractivity (Wildman–Crippen MR) is 63.3 cm³/mol. The van der Waals surface area contributed by atoms with E-state index in [1.807, 2.05) is 0 Å². The average Bonchev–Trinajstić information content (AvgIpc) is 2.26. The molecule has 0 heterocycles. The third kappa shape index (κ3) is 2.61. The molecule has 1 N–H and O–H groups in total. The Labute approximate surface area is 101 Å². The summed E-state index contributed by atoms with van der Waals surface area (Å²) >= 11 is 0. The lowest BCUT2D eigenvalue weighted by molar-refractivity contribution is -0.137. The van der Waals surface area contributed by atoms with Gasteiger partial charge in [-0.2, -0.15) is 13.2 Å². The van der Waals surface area contributed by atoms with Crippen LogP contribution in [0, 0.1) is 0 Å². The summed E-state index contributed by atoms with van der Waals surface area (Å²) in [4.78, 5) is 10.9. The lowest BCUT2D eigenvalue weighted by atomic mass is 10.1. The summed E-state index contributed by atoms with van der Waals surface area (Å²) in [5.74, 6) is -0.263. The molecule has 5 heteroatoms. The number of amides is 1. The molecule has 0 bridgehead atoms. The quantitative estimate of drug-likeness (QED) is 0.822. The summed E-state index contributed by atoms with van der Waals surface area (Å²) in [6.07, 6.45) is -4.36. The Morgan fingerprint density at radius 2 is 1.72 bits per heavy atom. The Balaban J connectivity index is 2.50. The lowest BCUT2D eigenvalue weighted by Crippen LogP contribution is -2.06. The van der Waals surface area contributed by atoms with Crippen molar-refractivity contribution in [3.05, 3.63) is 42.0 Å². The maximum Gasteiger partial charge on any atom is 0.416 e. The molecule has 0 aliphatic heterocycles. The molecule has 2 aromatic rings. The minimum atomic E-state index is -4.36. The normalized spacial score (nSPS) is 11.6. The molecule has 2 aromatic carbocycles. The van der Waals surface area contributed by atoms with Crippen LogP contribution in [-0.2, 0) is 11.0 Å².